The lowest BCUT2D eigenvalue weighted by molar-refractivity contribution is 0.247. The summed E-state index contributed by atoms with van der Waals surface area (Å²) in [6, 6.07) is 10.9. The van der Waals surface area contributed by atoms with Crippen LogP contribution in [-0.2, 0) is 19.5 Å². The molecule has 0 aliphatic carbocycles. The van der Waals surface area contributed by atoms with Gasteiger partial charge in [-0.2, -0.15) is 5.10 Å². The van der Waals surface area contributed by atoms with E-state index in [9.17, 15) is 4.39 Å². The minimum atomic E-state index is -0.222. The highest BCUT2D eigenvalue weighted by Crippen LogP contribution is 2.29. The monoisotopic (exact) mass is 313 g/mol. The highest BCUT2D eigenvalue weighted by molar-refractivity contribution is 7.09. The molecule has 0 bridgehead atoms. The molecular weight excluding hydrogens is 297 g/mol. The zero-order valence-corrected chi connectivity index (χ0v) is 12.9. The van der Waals surface area contributed by atoms with Crippen LogP contribution < -0.4 is 0 Å². The SMILES string of the molecule is Fc1cccc(-c2n[nH]c3c2CN(Cc2cccs2)CC3)c1. The van der Waals surface area contributed by atoms with E-state index in [1.54, 1.807) is 23.5 Å². The topological polar surface area (TPSA) is 31.9 Å². The van der Waals surface area contributed by atoms with Crippen LogP contribution in [0.15, 0.2) is 41.8 Å². The lowest BCUT2D eigenvalue weighted by Gasteiger charge is -2.26. The molecule has 0 spiro atoms. The van der Waals surface area contributed by atoms with Crippen molar-refractivity contribution in [2.45, 2.75) is 19.5 Å². The second kappa shape index (κ2) is 5.66. The first kappa shape index (κ1) is 13.7. The molecule has 3 nitrogen and oxygen atoms in total. The van der Waals surface area contributed by atoms with Gasteiger partial charge in [-0.15, -0.1) is 11.3 Å². The molecule has 4 rings (SSSR count). The number of nitrogens with zero attached hydrogens (tertiary/aromatic N) is 2. The highest BCUT2D eigenvalue weighted by Gasteiger charge is 2.23. The van der Waals surface area contributed by atoms with Crippen LogP contribution in [0.25, 0.3) is 11.3 Å². The van der Waals surface area contributed by atoms with E-state index in [0.717, 1.165) is 37.3 Å². The summed E-state index contributed by atoms with van der Waals surface area (Å²) in [6.45, 7) is 2.84. The molecular formula is C17H16FN3S. The van der Waals surface area contributed by atoms with E-state index in [1.165, 1.54) is 22.2 Å². The van der Waals surface area contributed by atoms with Gasteiger partial charge in [0.1, 0.15) is 5.82 Å². The van der Waals surface area contributed by atoms with Crippen LogP contribution in [0.2, 0.25) is 0 Å². The van der Waals surface area contributed by atoms with Crippen LogP contribution >= 0.6 is 11.3 Å². The van der Waals surface area contributed by atoms with E-state index < -0.39 is 0 Å². The van der Waals surface area contributed by atoms with Gasteiger partial charge in [0.15, 0.2) is 0 Å². The average molecular weight is 313 g/mol. The van der Waals surface area contributed by atoms with Crippen molar-refractivity contribution in [1.82, 2.24) is 15.1 Å². The minimum Gasteiger partial charge on any atom is -0.293 e. The van der Waals surface area contributed by atoms with Gasteiger partial charge in [0, 0.05) is 47.8 Å². The molecule has 1 aromatic carbocycles. The summed E-state index contributed by atoms with van der Waals surface area (Å²) >= 11 is 1.79. The Morgan fingerprint density at radius 1 is 1.27 bits per heavy atom. The highest BCUT2D eigenvalue weighted by atomic mass is 32.1. The van der Waals surface area contributed by atoms with Crippen molar-refractivity contribution in [2.24, 2.45) is 0 Å². The molecule has 0 fully saturated rings. The first-order valence-corrected chi connectivity index (χ1v) is 8.24. The number of nitrogens with one attached hydrogen (secondary N) is 1. The van der Waals surface area contributed by atoms with Crippen LogP contribution in [0, 0.1) is 5.82 Å². The molecule has 1 aliphatic heterocycles. The molecule has 2 aromatic heterocycles. The fourth-order valence-electron chi connectivity index (χ4n) is 2.98. The molecule has 0 unspecified atom stereocenters. The van der Waals surface area contributed by atoms with E-state index in [-0.39, 0.29) is 5.82 Å². The van der Waals surface area contributed by atoms with Crippen molar-refractivity contribution in [1.29, 1.82) is 0 Å². The summed E-state index contributed by atoms with van der Waals surface area (Å²) in [6.07, 6.45) is 0.961. The molecule has 1 aliphatic rings. The third-order valence-corrected chi connectivity index (χ3v) is 4.93. The summed E-state index contributed by atoms with van der Waals surface area (Å²) in [5.41, 5.74) is 4.11. The van der Waals surface area contributed by atoms with E-state index in [2.05, 4.69) is 32.6 Å². The Morgan fingerprint density at radius 3 is 3.05 bits per heavy atom. The summed E-state index contributed by atoms with van der Waals surface area (Å²) in [4.78, 5) is 3.80. The molecule has 112 valence electrons. The van der Waals surface area contributed by atoms with Gasteiger partial charge in [0.05, 0.1) is 5.69 Å². The predicted molar refractivity (Wildman–Crippen MR) is 86.1 cm³/mol. The van der Waals surface area contributed by atoms with Crippen molar-refractivity contribution in [3.8, 4) is 11.3 Å². The Kier molecular flexibility index (Phi) is 3.52. The molecule has 0 radical (unpaired) electrons. The van der Waals surface area contributed by atoms with Crippen molar-refractivity contribution in [3.63, 3.8) is 0 Å². The molecule has 22 heavy (non-hydrogen) atoms. The number of fused-ring (bicyclic) bond motifs is 1. The largest absolute Gasteiger partial charge is 0.293 e. The molecule has 5 heteroatoms. The van der Waals surface area contributed by atoms with Crippen LogP contribution in [0.3, 0.4) is 0 Å². The Labute approximate surface area is 132 Å². The normalized spacial score (nSPS) is 15.0. The van der Waals surface area contributed by atoms with Crippen molar-refractivity contribution in [2.75, 3.05) is 6.54 Å². The van der Waals surface area contributed by atoms with Crippen LogP contribution in [0.1, 0.15) is 16.1 Å². The Balaban J connectivity index is 1.62. The quantitative estimate of drug-likeness (QED) is 0.797. The van der Waals surface area contributed by atoms with E-state index in [0.29, 0.717) is 0 Å². The Bertz CT molecular complexity index is 779. The maximum absolute atomic E-state index is 13.5. The first-order valence-electron chi connectivity index (χ1n) is 7.36. The summed E-state index contributed by atoms with van der Waals surface area (Å²) in [5, 5.41) is 9.66. The predicted octanol–water partition coefficient (Wildman–Crippen LogP) is 3.84. The number of benzene rings is 1. The number of halogens is 1. The van der Waals surface area contributed by atoms with E-state index >= 15 is 0 Å². The van der Waals surface area contributed by atoms with Crippen LogP contribution in [0.4, 0.5) is 4.39 Å². The number of aromatic nitrogens is 2. The van der Waals surface area contributed by atoms with Gasteiger partial charge < -0.3 is 0 Å². The number of hydrogen-bond acceptors (Lipinski definition) is 3. The van der Waals surface area contributed by atoms with Gasteiger partial charge in [0.2, 0.25) is 0 Å². The maximum atomic E-state index is 13.5. The number of rotatable bonds is 3. The summed E-state index contributed by atoms with van der Waals surface area (Å²) in [7, 11) is 0. The lowest BCUT2D eigenvalue weighted by atomic mass is 10.0. The Hall–Kier alpha value is -1.98. The van der Waals surface area contributed by atoms with Crippen molar-refractivity contribution < 1.29 is 4.39 Å². The van der Waals surface area contributed by atoms with Crippen LogP contribution in [-0.4, -0.2) is 21.6 Å². The Morgan fingerprint density at radius 2 is 2.23 bits per heavy atom. The number of thiophene rings is 1. The van der Waals surface area contributed by atoms with Gasteiger partial charge >= 0.3 is 0 Å². The maximum Gasteiger partial charge on any atom is 0.123 e. The van der Waals surface area contributed by atoms with Crippen molar-refractivity contribution >= 4 is 11.3 Å². The molecule has 1 N–H and O–H groups in total. The van der Waals surface area contributed by atoms with Crippen LogP contribution in [0.5, 0.6) is 0 Å². The van der Waals surface area contributed by atoms with Gasteiger partial charge in [0.25, 0.3) is 0 Å². The zero-order chi connectivity index (χ0) is 14.9. The van der Waals surface area contributed by atoms with Gasteiger partial charge in [-0.25, -0.2) is 4.39 Å². The fraction of sp³-hybridized carbons (Fsp3) is 0.235. The van der Waals surface area contributed by atoms with E-state index in [1.807, 2.05) is 6.07 Å². The second-order valence-corrected chi connectivity index (χ2v) is 6.61. The molecule has 3 heterocycles. The second-order valence-electron chi connectivity index (χ2n) is 5.58. The molecule has 0 saturated heterocycles. The third kappa shape index (κ3) is 2.58. The molecule has 0 saturated carbocycles. The molecule has 0 atom stereocenters. The van der Waals surface area contributed by atoms with Gasteiger partial charge in [-0.1, -0.05) is 18.2 Å². The van der Waals surface area contributed by atoms with Gasteiger partial charge in [-0.3, -0.25) is 10.00 Å². The minimum absolute atomic E-state index is 0.222. The lowest BCUT2D eigenvalue weighted by Crippen LogP contribution is -2.29. The van der Waals surface area contributed by atoms with Crippen molar-refractivity contribution in [3.05, 3.63) is 63.7 Å². The third-order valence-electron chi connectivity index (χ3n) is 4.07. The number of H-pyrrole nitrogens is 1. The fourth-order valence-corrected chi connectivity index (χ4v) is 3.73. The molecule has 3 aromatic rings. The number of aromatic amines is 1. The first-order chi connectivity index (χ1) is 10.8. The summed E-state index contributed by atoms with van der Waals surface area (Å²) < 4.78 is 13.5. The zero-order valence-electron chi connectivity index (χ0n) is 12.1. The summed E-state index contributed by atoms with van der Waals surface area (Å²) in [5.74, 6) is -0.222. The van der Waals surface area contributed by atoms with Gasteiger partial charge in [-0.05, 0) is 23.6 Å². The standard InChI is InChI=1S/C17H16FN3S/c18-13-4-1-3-12(9-13)17-15-11-21(7-6-16(15)19-20-17)10-14-5-2-8-22-14/h1-5,8-9H,6-7,10-11H2,(H,19,20). The smallest absolute Gasteiger partial charge is 0.123 e. The molecule has 0 amide bonds. The number of hydrogen-bond donors (Lipinski definition) is 1. The van der Waals surface area contributed by atoms with E-state index in [4.69, 9.17) is 0 Å². The average Bonchev–Trinajstić information content (AvgIpc) is 3.16.